The summed E-state index contributed by atoms with van der Waals surface area (Å²) in [6, 6.07) is 12.6. The monoisotopic (exact) mass is 502 g/mol. The standard InChI is InChI=1S/C21H16Cl2N6OS2/c1-2-17-26-27-21-29(17)28-19(32-21)13-4-8-15(9-5-13)24-20(31)25-18(30)10-6-12-3-7-14(22)11-16(12)23/h3-11H,2H2,1H3,(H2,24,25,30,31). The summed E-state index contributed by atoms with van der Waals surface area (Å²) >= 11 is 18.7. The van der Waals surface area contributed by atoms with Crippen LogP contribution in [-0.4, -0.2) is 30.8 Å². The Kier molecular flexibility index (Phi) is 6.80. The maximum absolute atomic E-state index is 12.1. The lowest BCUT2D eigenvalue weighted by Gasteiger charge is -2.08. The van der Waals surface area contributed by atoms with Crippen molar-refractivity contribution in [1.29, 1.82) is 0 Å². The van der Waals surface area contributed by atoms with Gasteiger partial charge in [-0.15, -0.1) is 10.2 Å². The Labute approximate surface area is 203 Å². The van der Waals surface area contributed by atoms with Gasteiger partial charge in [0.25, 0.3) is 0 Å². The molecule has 2 heterocycles. The molecular formula is C21H16Cl2N6OS2. The van der Waals surface area contributed by atoms with Gasteiger partial charge in [0.1, 0.15) is 5.01 Å². The molecular weight excluding hydrogens is 487 g/mol. The van der Waals surface area contributed by atoms with E-state index in [9.17, 15) is 4.79 Å². The summed E-state index contributed by atoms with van der Waals surface area (Å²) in [7, 11) is 0. The predicted molar refractivity (Wildman–Crippen MR) is 133 cm³/mol. The Morgan fingerprint density at radius 1 is 1.19 bits per heavy atom. The van der Waals surface area contributed by atoms with Crippen molar-refractivity contribution in [1.82, 2.24) is 25.1 Å². The highest BCUT2D eigenvalue weighted by Gasteiger charge is 2.12. The van der Waals surface area contributed by atoms with Crippen molar-refractivity contribution in [2.75, 3.05) is 5.32 Å². The lowest BCUT2D eigenvalue weighted by atomic mass is 10.2. The van der Waals surface area contributed by atoms with Crippen LogP contribution in [0.5, 0.6) is 0 Å². The number of nitrogens with zero attached hydrogens (tertiary/aromatic N) is 4. The molecule has 0 spiro atoms. The number of halogens is 2. The predicted octanol–water partition coefficient (Wildman–Crippen LogP) is 5.25. The molecule has 0 radical (unpaired) electrons. The molecule has 0 bridgehead atoms. The molecule has 1 amide bonds. The van der Waals surface area contributed by atoms with Crippen molar-refractivity contribution in [3.8, 4) is 10.6 Å². The average Bonchev–Trinajstić information content (AvgIpc) is 3.34. The number of fused-ring (bicyclic) bond motifs is 1. The fourth-order valence-electron chi connectivity index (χ4n) is 2.81. The minimum Gasteiger partial charge on any atom is -0.332 e. The van der Waals surface area contributed by atoms with Crippen LogP contribution in [0.1, 0.15) is 18.3 Å². The van der Waals surface area contributed by atoms with Crippen LogP contribution >= 0.6 is 46.8 Å². The highest BCUT2D eigenvalue weighted by Crippen LogP contribution is 2.26. The van der Waals surface area contributed by atoms with Gasteiger partial charge in [-0.25, -0.2) is 0 Å². The average molecular weight is 503 g/mol. The van der Waals surface area contributed by atoms with Gasteiger partial charge in [0.05, 0.1) is 0 Å². The quantitative estimate of drug-likeness (QED) is 0.286. The molecule has 0 saturated heterocycles. The number of hydrogen-bond donors (Lipinski definition) is 2. The number of hydrogen-bond acceptors (Lipinski definition) is 6. The second-order valence-electron chi connectivity index (χ2n) is 6.59. The van der Waals surface area contributed by atoms with E-state index in [0.29, 0.717) is 15.6 Å². The number of rotatable bonds is 5. The lowest BCUT2D eigenvalue weighted by molar-refractivity contribution is -0.115. The molecule has 162 valence electrons. The third kappa shape index (κ3) is 5.13. The van der Waals surface area contributed by atoms with Crippen LogP contribution in [0.15, 0.2) is 48.5 Å². The van der Waals surface area contributed by atoms with Crippen LogP contribution < -0.4 is 10.6 Å². The summed E-state index contributed by atoms with van der Waals surface area (Å²) in [6.45, 7) is 2.01. The first-order chi connectivity index (χ1) is 15.4. The molecule has 4 aromatic rings. The van der Waals surface area contributed by atoms with E-state index < -0.39 is 0 Å². The van der Waals surface area contributed by atoms with Crippen LogP contribution in [0, 0.1) is 0 Å². The number of carbonyl (C=O) groups excluding carboxylic acids is 1. The molecule has 0 saturated carbocycles. The molecule has 0 atom stereocenters. The zero-order valence-electron chi connectivity index (χ0n) is 16.7. The number of aryl methyl sites for hydroxylation is 1. The summed E-state index contributed by atoms with van der Waals surface area (Å²) in [5.74, 6) is 0.450. The smallest absolute Gasteiger partial charge is 0.250 e. The van der Waals surface area contributed by atoms with Crippen LogP contribution in [0.25, 0.3) is 21.6 Å². The summed E-state index contributed by atoms with van der Waals surface area (Å²) in [5, 5.41) is 20.4. The first kappa shape index (κ1) is 22.3. The van der Waals surface area contributed by atoms with Crippen molar-refractivity contribution < 1.29 is 4.79 Å². The first-order valence-corrected chi connectivity index (χ1v) is 11.5. The van der Waals surface area contributed by atoms with Gasteiger partial charge in [0, 0.05) is 33.8 Å². The summed E-state index contributed by atoms with van der Waals surface area (Å²) in [6.07, 6.45) is 3.71. The number of anilines is 1. The van der Waals surface area contributed by atoms with Crippen LogP contribution in [0.4, 0.5) is 5.69 Å². The van der Waals surface area contributed by atoms with Gasteiger partial charge in [0.2, 0.25) is 10.9 Å². The molecule has 0 fully saturated rings. The van der Waals surface area contributed by atoms with Gasteiger partial charge in [-0.1, -0.05) is 47.5 Å². The van der Waals surface area contributed by atoms with E-state index in [4.69, 9.17) is 35.4 Å². The van der Waals surface area contributed by atoms with Crippen molar-refractivity contribution in [3.05, 3.63) is 70.0 Å². The van der Waals surface area contributed by atoms with Crippen molar-refractivity contribution >= 4 is 74.5 Å². The van der Waals surface area contributed by atoms with E-state index in [1.807, 2.05) is 31.2 Å². The molecule has 4 rings (SSSR count). The maximum atomic E-state index is 12.1. The molecule has 2 N–H and O–H groups in total. The third-order valence-electron chi connectivity index (χ3n) is 4.37. The number of thiocarbonyl (C=S) groups is 1. The minimum atomic E-state index is -0.378. The highest BCUT2D eigenvalue weighted by atomic mass is 35.5. The SMILES string of the molecule is CCc1nnc2sc(-c3ccc(NC(=S)NC(=O)C=Cc4ccc(Cl)cc4Cl)cc3)nn12. The fourth-order valence-corrected chi connectivity index (χ4v) is 4.36. The van der Waals surface area contributed by atoms with Crippen LogP contribution in [0.2, 0.25) is 10.0 Å². The zero-order valence-corrected chi connectivity index (χ0v) is 19.8. The van der Waals surface area contributed by atoms with E-state index in [2.05, 4.69) is 25.9 Å². The van der Waals surface area contributed by atoms with Crippen LogP contribution in [-0.2, 0) is 11.2 Å². The Hall–Kier alpha value is -2.85. The molecule has 7 nitrogen and oxygen atoms in total. The van der Waals surface area contributed by atoms with E-state index in [-0.39, 0.29) is 11.0 Å². The number of carbonyl (C=O) groups is 1. The van der Waals surface area contributed by atoms with Gasteiger partial charge < -0.3 is 5.32 Å². The van der Waals surface area contributed by atoms with E-state index in [0.717, 1.165) is 33.5 Å². The molecule has 0 aliphatic rings. The normalized spacial score (nSPS) is 11.2. The Balaban J connectivity index is 1.36. The zero-order chi connectivity index (χ0) is 22.7. The topological polar surface area (TPSA) is 84.2 Å². The fraction of sp³-hybridized carbons (Fsp3) is 0.0952. The summed E-state index contributed by atoms with van der Waals surface area (Å²) in [4.78, 5) is 12.9. The number of benzene rings is 2. The van der Waals surface area contributed by atoms with Gasteiger partial charge in [-0.3, -0.25) is 10.1 Å². The van der Waals surface area contributed by atoms with Crippen molar-refractivity contribution in [3.63, 3.8) is 0 Å². The third-order valence-corrected chi connectivity index (χ3v) is 6.09. The van der Waals surface area contributed by atoms with E-state index >= 15 is 0 Å². The second kappa shape index (κ2) is 9.74. The van der Waals surface area contributed by atoms with Crippen molar-refractivity contribution in [2.24, 2.45) is 0 Å². The largest absolute Gasteiger partial charge is 0.332 e. The van der Waals surface area contributed by atoms with E-state index in [1.54, 1.807) is 28.8 Å². The molecule has 32 heavy (non-hydrogen) atoms. The number of amides is 1. The van der Waals surface area contributed by atoms with Crippen LogP contribution in [0.3, 0.4) is 0 Å². The summed E-state index contributed by atoms with van der Waals surface area (Å²) in [5.41, 5.74) is 2.36. The molecule has 0 aliphatic carbocycles. The van der Waals surface area contributed by atoms with Gasteiger partial charge in [-0.05, 0) is 60.3 Å². The molecule has 0 aliphatic heterocycles. The highest BCUT2D eigenvalue weighted by molar-refractivity contribution is 7.80. The summed E-state index contributed by atoms with van der Waals surface area (Å²) < 4.78 is 1.77. The molecule has 2 aromatic carbocycles. The van der Waals surface area contributed by atoms with Gasteiger partial charge in [0.15, 0.2) is 10.9 Å². The van der Waals surface area contributed by atoms with Gasteiger partial charge >= 0.3 is 0 Å². The molecule has 11 heteroatoms. The van der Waals surface area contributed by atoms with E-state index in [1.165, 1.54) is 17.4 Å². The second-order valence-corrected chi connectivity index (χ2v) is 8.80. The molecule has 0 unspecified atom stereocenters. The minimum absolute atomic E-state index is 0.181. The number of nitrogens with one attached hydrogen (secondary N) is 2. The van der Waals surface area contributed by atoms with Crippen molar-refractivity contribution in [2.45, 2.75) is 13.3 Å². The molecule has 2 aromatic heterocycles. The Morgan fingerprint density at radius 3 is 2.69 bits per heavy atom. The Bertz CT molecular complexity index is 1330. The first-order valence-electron chi connectivity index (χ1n) is 9.49. The lowest BCUT2D eigenvalue weighted by Crippen LogP contribution is -2.32. The Morgan fingerprint density at radius 2 is 1.97 bits per heavy atom. The number of aromatic nitrogens is 4. The van der Waals surface area contributed by atoms with Gasteiger partial charge in [-0.2, -0.15) is 9.61 Å². The maximum Gasteiger partial charge on any atom is 0.250 e.